The lowest BCUT2D eigenvalue weighted by molar-refractivity contribution is -0.105. The van der Waals surface area contributed by atoms with Crippen LogP contribution in [0.25, 0.3) is 10.9 Å². The van der Waals surface area contributed by atoms with Gasteiger partial charge in [-0.15, -0.1) is 0 Å². The lowest BCUT2D eigenvalue weighted by atomic mass is 9.41. The number of methoxy groups -OCH3 is 2. The third-order valence-electron chi connectivity index (χ3n) is 9.84. The molecule has 194 valence electrons. The number of fused-ring (bicyclic) bond motifs is 4. The Hall–Kier alpha value is -1.90. The molecule has 5 rings (SSSR count). The summed E-state index contributed by atoms with van der Waals surface area (Å²) in [5, 5.41) is 0.561. The predicted octanol–water partition coefficient (Wildman–Crippen LogP) is 6.41. The van der Waals surface area contributed by atoms with Crippen molar-refractivity contribution in [3.8, 4) is 11.5 Å². The average Bonchev–Trinajstić information content (AvgIpc) is 3.14. The van der Waals surface area contributed by atoms with Gasteiger partial charge in [0, 0.05) is 11.6 Å². The second kappa shape index (κ2) is 7.33. The highest BCUT2D eigenvalue weighted by Gasteiger charge is 2.60. The molecule has 2 saturated carbocycles. The minimum atomic E-state index is -5.67. The Kier molecular flexibility index (Phi) is 5.19. The van der Waals surface area contributed by atoms with E-state index in [0.29, 0.717) is 27.3 Å². The van der Waals surface area contributed by atoms with E-state index in [1.807, 2.05) is 6.07 Å². The first-order chi connectivity index (χ1) is 16.1. The molecule has 0 amide bonds. The van der Waals surface area contributed by atoms with Crippen molar-refractivity contribution in [1.82, 2.24) is 3.97 Å². The van der Waals surface area contributed by atoms with Gasteiger partial charge < -0.3 is 9.47 Å². The molecule has 9 heteroatoms. The van der Waals surface area contributed by atoms with Crippen LogP contribution in [0.15, 0.2) is 12.3 Å². The van der Waals surface area contributed by atoms with E-state index in [1.165, 1.54) is 26.8 Å². The Morgan fingerprint density at radius 1 is 1.03 bits per heavy atom. The largest absolute Gasteiger partial charge is 0.517 e. The van der Waals surface area contributed by atoms with Gasteiger partial charge in [-0.1, -0.05) is 34.1 Å². The van der Waals surface area contributed by atoms with E-state index in [1.54, 1.807) is 0 Å². The number of benzene rings is 1. The molecule has 0 radical (unpaired) electrons. The van der Waals surface area contributed by atoms with Gasteiger partial charge in [-0.3, -0.25) is 0 Å². The number of halogens is 3. The van der Waals surface area contributed by atoms with E-state index in [2.05, 4.69) is 27.7 Å². The number of aromatic nitrogens is 1. The second-order valence-corrected chi connectivity index (χ2v) is 13.7. The number of hydrogen-bond donors (Lipinski definition) is 0. The highest BCUT2D eigenvalue weighted by atomic mass is 32.2. The summed E-state index contributed by atoms with van der Waals surface area (Å²) in [5.74, 6) is 0.925. The summed E-state index contributed by atoms with van der Waals surface area (Å²) in [5.41, 5.74) is -4.15. The molecule has 0 spiro atoms. The standard InChI is InChI=1S/C26H34F3NO4S/c1-23(2)9-7-10-25(4)18(23)8-11-24(3)16-13-17(33-5)22(34-6)21-20(16)15(12-19(24)25)14-30(21)35(31,32)26(27,28)29/h13-14,18-19H,7-12H2,1-6H3/t18-,19-,24-,25-/m0/s1. The summed E-state index contributed by atoms with van der Waals surface area (Å²) in [6, 6.07) is 1.87. The van der Waals surface area contributed by atoms with E-state index >= 15 is 0 Å². The lowest BCUT2D eigenvalue weighted by Gasteiger charge is -2.63. The molecule has 4 atom stereocenters. The Bertz CT molecular complexity index is 1310. The third kappa shape index (κ3) is 3.08. The molecular weight excluding hydrogens is 479 g/mol. The van der Waals surface area contributed by atoms with Crippen LogP contribution in [0.5, 0.6) is 11.5 Å². The molecule has 0 bridgehead atoms. The van der Waals surface area contributed by atoms with Gasteiger partial charge in [0.2, 0.25) is 0 Å². The van der Waals surface area contributed by atoms with E-state index in [0.717, 1.165) is 31.2 Å². The van der Waals surface area contributed by atoms with Crippen LogP contribution in [0, 0.1) is 22.7 Å². The van der Waals surface area contributed by atoms with Gasteiger partial charge in [-0.25, -0.2) is 3.97 Å². The van der Waals surface area contributed by atoms with Crippen LogP contribution in [0.3, 0.4) is 0 Å². The molecule has 1 aromatic heterocycles. The second-order valence-electron chi connectivity index (χ2n) is 11.9. The maximum Gasteiger partial charge on any atom is 0.517 e. The summed E-state index contributed by atoms with van der Waals surface area (Å²) in [6.07, 6.45) is 6.99. The SMILES string of the molecule is COc1cc2c3c(cn(S(=O)(=O)C(F)(F)F)c3c1OC)C[C@@H]1[C@@]3(C)CCCC(C)(C)[C@@H]3CC[C@@]21C. The van der Waals surface area contributed by atoms with Gasteiger partial charge in [0.15, 0.2) is 11.5 Å². The molecule has 3 aliphatic rings. The van der Waals surface area contributed by atoms with Gasteiger partial charge in [0.05, 0.1) is 14.2 Å². The van der Waals surface area contributed by atoms with Crippen molar-refractivity contribution < 1.29 is 31.1 Å². The Morgan fingerprint density at radius 3 is 2.31 bits per heavy atom. The molecule has 0 saturated heterocycles. The number of ether oxygens (including phenoxy) is 2. The topological polar surface area (TPSA) is 57.5 Å². The van der Waals surface area contributed by atoms with Crippen molar-refractivity contribution in [3.05, 3.63) is 23.4 Å². The van der Waals surface area contributed by atoms with Crippen LogP contribution in [-0.2, 0) is 21.9 Å². The Labute approximate surface area is 205 Å². The fourth-order valence-corrected chi connectivity index (χ4v) is 9.24. The molecule has 0 unspecified atom stereocenters. The van der Waals surface area contributed by atoms with Gasteiger partial charge >= 0.3 is 15.5 Å². The van der Waals surface area contributed by atoms with E-state index in [-0.39, 0.29) is 39.2 Å². The molecule has 2 aromatic rings. The fraction of sp³-hybridized carbons (Fsp3) is 0.692. The Balaban J connectivity index is 1.83. The van der Waals surface area contributed by atoms with Gasteiger partial charge in [0.25, 0.3) is 0 Å². The first kappa shape index (κ1) is 24.8. The van der Waals surface area contributed by atoms with Crippen LogP contribution in [0.4, 0.5) is 13.2 Å². The summed E-state index contributed by atoms with van der Waals surface area (Å²) >= 11 is 0. The number of rotatable bonds is 3. The van der Waals surface area contributed by atoms with E-state index in [9.17, 15) is 21.6 Å². The summed E-state index contributed by atoms with van der Waals surface area (Å²) in [7, 11) is -2.92. The molecule has 0 aliphatic heterocycles. The van der Waals surface area contributed by atoms with Crippen molar-refractivity contribution in [3.63, 3.8) is 0 Å². The van der Waals surface area contributed by atoms with Crippen LogP contribution < -0.4 is 9.47 Å². The normalized spacial score (nSPS) is 32.1. The van der Waals surface area contributed by atoms with Gasteiger partial charge in [0.1, 0.15) is 5.52 Å². The first-order valence-electron chi connectivity index (χ1n) is 12.2. The predicted molar refractivity (Wildman–Crippen MR) is 128 cm³/mol. The molecular formula is C26H34F3NO4S. The summed E-state index contributed by atoms with van der Waals surface area (Å²) in [4.78, 5) is 0. The number of nitrogens with zero attached hydrogens (tertiary/aromatic N) is 1. The molecule has 1 aromatic carbocycles. The highest BCUT2D eigenvalue weighted by Crippen LogP contribution is 2.67. The van der Waals surface area contributed by atoms with Crippen LogP contribution in [-0.4, -0.2) is 32.1 Å². The summed E-state index contributed by atoms with van der Waals surface area (Å²) < 4.78 is 78.1. The van der Waals surface area contributed by atoms with Crippen molar-refractivity contribution >= 4 is 20.9 Å². The molecule has 3 aliphatic carbocycles. The van der Waals surface area contributed by atoms with E-state index < -0.39 is 15.5 Å². The minimum Gasteiger partial charge on any atom is -0.493 e. The zero-order chi connectivity index (χ0) is 25.8. The smallest absolute Gasteiger partial charge is 0.493 e. The quantitative estimate of drug-likeness (QED) is 0.476. The van der Waals surface area contributed by atoms with Crippen molar-refractivity contribution in [2.75, 3.05) is 14.2 Å². The zero-order valence-corrected chi connectivity index (χ0v) is 22.0. The highest BCUT2D eigenvalue weighted by molar-refractivity contribution is 7.90. The maximum absolute atomic E-state index is 13.8. The molecule has 35 heavy (non-hydrogen) atoms. The van der Waals surface area contributed by atoms with Crippen LogP contribution >= 0.6 is 0 Å². The van der Waals surface area contributed by atoms with Crippen LogP contribution in [0.2, 0.25) is 0 Å². The molecule has 2 fully saturated rings. The number of hydrogen-bond acceptors (Lipinski definition) is 4. The molecule has 0 N–H and O–H groups in total. The maximum atomic E-state index is 13.8. The van der Waals surface area contributed by atoms with E-state index in [4.69, 9.17) is 9.47 Å². The number of alkyl halides is 3. The van der Waals surface area contributed by atoms with Crippen molar-refractivity contribution in [2.45, 2.75) is 77.1 Å². The molecule has 5 nitrogen and oxygen atoms in total. The van der Waals surface area contributed by atoms with Crippen molar-refractivity contribution in [1.29, 1.82) is 0 Å². The van der Waals surface area contributed by atoms with Crippen LogP contribution in [0.1, 0.15) is 70.9 Å². The van der Waals surface area contributed by atoms with Gasteiger partial charge in [-0.05, 0) is 77.4 Å². The van der Waals surface area contributed by atoms with Crippen molar-refractivity contribution in [2.24, 2.45) is 22.7 Å². The Morgan fingerprint density at radius 2 is 1.71 bits per heavy atom. The third-order valence-corrected chi connectivity index (χ3v) is 11.2. The zero-order valence-electron chi connectivity index (χ0n) is 21.2. The first-order valence-corrected chi connectivity index (χ1v) is 13.7. The minimum absolute atomic E-state index is 0.00305. The average molecular weight is 514 g/mol. The fourth-order valence-electron chi connectivity index (χ4n) is 8.34. The lowest BCUT2D eigenvalue weighted by Crippen LogP contribution is -2.57. The monoisotopic (exact) mass is 513 g/mol. The summed E-state index contributed by atoms with van der Waals surface area (Å²) in [6.45, 7) is 9.24. The van der Waals surface area contributed by atoms with Gasteiger partial charge in [-0.2, -0.15) is 21.6 Å². The molecule has 1 heterocycles.